The molecule has 1 atom stereocenters. The topological polar surface area (TPSA) is 38.8 Å². The van der Waals surface area contributed by atoms with Gasteiger partial charge in [-0.15, -0.1) is 0 Å². The molecule has 104 valence electrons. The third kappa shape index (κ3) is 3.10. The number of halogens is 1. The first-order valence-electron chi connectivity index (χ1n) is 5.93. The number of alkyl halides is 1. The second-order valence-corrected chi connectivity index (χ2v) is 6.40. The molecule has 0 N–H and O–H groups in total. The standard InChI is InChI=1S/C13H16INO3S/c1-13(15(7-8-19-13)12(16)9-14)18-11-6-4-3-5-10(11)17-2/h3-6H,7-9H2,1-2H3. The maximum absolute atomic E-state index is 12.0. The number of hydrogen-bond donors (Lipinski definition) is 0. The van der Waals surface area contributed by atoms with Crippen LogP contribution in [0.1, 0.15) is 6.92 Å². The van der Waals surface area contributed by atoms with Crippen LogP contribution in [0.25, 0.3) is 0 Å². The average Bonchev–Trinajstić information content (AvgIpc) is 2.80. The molecule has 2 rings (SSSR count). The highest BCUT2D eigenvalue weighted by atomic mass is 127. The fourth-order valence-electron chi connectivity index (χ4n) is 2.02. The lowest BCUT2D eigenvalue weighted by molar-refractivity contribution is -0.136. The molecule has 0 spiro atoms. The van der Waals surface area contributed by atoms with E-state index in [-0.39, 0.29) is 5.91 Å². The monoisotopic (exact) mass is 393 g/mol. The third-order valence-electron chi connectivity index (χ3n) is 2.96. The Hall–Kier alpha value is -0.630. The van der Waals surface area contributed by atoms with Crippen molar-refractivity contribution in [2.45, 2.75) is 12.0 Å². The molecule has 0 aliphatic carbocycles. The molecule has 1 amide bonds. The Morgan fingerprint density at radius 3 is 2.79 bits per heavy atom. The van der Waals surface area contributed by atoms with Gasteiger partial charge >= 0.3 is 0 Å². The van der Waals surface area contributed by atoms with Crippen molar-refractivity contribution in [3.8, 4) is 11.5 Å². The van der Waals surface area contributed by atoms with E-state index in [0.29, 0.717) is 15.9 Å². The Morgan fingerprint density at radius 2 is 2.16 bits per heavy atom. The number of rotatable bonds is 4. The maximum atomic E-state index is 12.0. The summed E-state index contributed by atoms with van der Waals surface area (Å²) in [7, 11) is 1.61. The highest BCUT2D eigenvalue weighted by Crippen LogP contribution is 2.40. The summed E-state index contributed by atoms with van der Waals surface area (Å²) in [6, 6.07) is 7.49. The predicted octanol–water partition coefficient (Wildman–Crippen LogP) is 2.76. The number of benzene rings is 1. The zero-order valence-corrected chi connectivity index (χ0v) is 13.9. The molecule has 1 aliphatic heterocycles. The lowest BCUT2D eigenvalue weighted by Crippen LogP contribution is -2.48. The second-order valence-electron chi connectivity index (χ2n) is 4.18. The summed E-state index contributed by atoms with van der Waals surface area (Å²) in [4.78, 5) is 13.8. The zero-order valence-electron chi connectivity index (χ0n) is 10.9. The second kappa shape index (κ2) is 6.21. The fraction of sp³-hybridized carbons (Fsp3) is 0.462. The van der Waals surface area contributed by atoms with Crippen LogP contribution < -0.4 is 9.47 Å². The Kier molecular flexibility index (Phi) is 4.83. The van der Waals surface area contributed by atoms with Crippen molar-refractivity contribution in [3.63, 3.8) is 0 Å². The van der Waals surface area contributed by atoms with Crippen LogP contribution >= 0.6 is 34.4 Å². The van der Waals surface area contributed by atoms with Gasteiger partial charge in [-0.1, -0.05) is 46.5 Å². The minimum atomic E-state index is -0.656. The highest BCUT2D eigenvalue weighted by Gasteiger charge is 2.42. The van der Waals surface area contributed by atoms with E-state index in [0.717, 1.165) is 12.3 Å². The molecule has 4 nitrogen and oxygen atoms in total. The molecule has 0 saturated carbocycles. The Morgan fingerprint density at radius 1 is 1.47 bits per heavy atom. The minimum absolute atomic E-state index is 0.1000. The number of nitrogens with zero attached hydrogens (tertiary/aromatic N) is 1. The predicted molar refractivity (Wildman–Crippen MR) is 85.1 cm³/mol. The molecule has 1 heterocycles. The van der Waals surface area contributed by atoms with Gasteiger partial charge in [0.15, 0.2) is 11.5 Å². The summed E-state index contributed by atoms with van der Waals surface area (Å²) in [5.74, 6) is 2.32. The van der Waals surface area contributed by atoms with Gasteiger partial charge in [-0.05, 0) is 12.1 Å². The number of para-hydroxylation sites is 2. The van der Waals surface area contributed by atoms with Crippen LogP contribution in [0.15, 0.2) is 24.3 Å². The number of thioether (sulfide) groups is 1. The van der Waals surface area contributed by atoms with Crippen LogP contribution in [0.5, 0.6) is 11.5 Å². The van der Waals surface area contributed by atoms with E-state index >= 15 is 0 Å². The fourth-order valence-corrected chi connectivity index (χ4v) is 3.58. The van der Waals surface area contributed by atoms with Gasteiger partial charge in [0.2, 0.25) is 11.0 Å². The van der Waals surface area contributed by atoms with Crippen LogP contribution in [0.4, 0.5) is 0 Å². The largest absolute Gasteiger partial charge is 0.493 e. The summed E-state index contributed by atoms with van der Waals surface area (Å²) in [6.07, 6.45) is 0. The molecule has 1 aromatic carbocycles. The van der Waals surface area contributed by atoms with Gasteiger partial charge in [-0.25, -0.2) is 0 Å². The first-order valence-corrected chi connectivity index (χ1v) is 8.44. The number of carbonyl (C=O) groups is 1. The summed E-state index contributed by atoms with van der Waals surface area (Å²) < 4.78 is 11.8. The van der Waals surface area contributed by atoms with E-state index in [1.54, 1.807) is 23.8 Å². The third-order valence-corrected chi connectivity index (χ3v) is 4.84. The van der Waals surface area contributed by atoms with E-state index in [1.807, 2.05) is 31.2 Å². The van der Waals surface area contributed by atoms with Crippen LogP contribution in [-0.2, 0) is 4.79 Å². The summed E-state index contributed by atoms with van der Waals surface area (Å²) in [6.45, 7) is 2.65. The number of methoxy groups -OCH3 is 1. The Bertz CT molecular complexity index is 471. The van der Waals surface area contributed by atoms with Crippen molar-refractivity contribution in [2.75, 3.05) is 23.8 Å². The Labute approximate surface area is 131 Å². The summed E-state index contributed by atoms with van der Waals surface area (Å²) in [5, 5.41) is -0.656. The van der Waals surface area contributed by atoms with Crippen molar-refractivity contribution in [1.29, 1.82) is 0 Å². The average molecular weight is 393 g/mol. The molecule has 1 aromatic rings. The lowest BCUT2D eigenvalue weighted by atomic mass is 10.3. The number of carbonyl (C=O) groups excluding carboxylic acids is 1. The van der Waals surface area contributed by atoms with E-state index in [9.17, 15) is 4.79 Å². The quantitative estimate of drug-likeness (QED) is 0.583. The molecule has 1 fully saturated rings. The van der Waals surface area contributed by atoms with E-state index in [4.69, 9.17) is 9.47 Å². The molecular weight excluding hydrogens is 377 g/mol. The van der Waals surface area contributed by atoms with Gasteiger partial charge in [0, 0.05) is 19.2 Å². The highest BCUT2D eigenvalue weighted by molar-refractivity contribution is 14.1. The molecule has 6 heteroatoms. The van der Waals surface area contributed by atoms with Crippen molar-refractivity contribution in [1.82, 2.24) is 4.90 Å². The van der Waals surface area contributed by atoms with Gasteiger partial charge in [0.05, 0.1) is 11.5 Å². The van der Waals surface area contributed by atoms with Crippen LogP contribution in [0.3, 0.4) is 0 Å². The van der Waals surface area contributed by atoms with Gasteiger partial charge in [0.25, 0.3) is 0 Å². The molecule has 0 aromatic heterocycles. The zero-order chi connectivity index (χ0) is 13.9. The summed E-state index contributed by atoms with van der Waals surface area (Å²) >= 11 is 3.72. The van der Waals surface area contributed by atoms with Crippen LogP contribution in [-0.4, -0.2) is 39.7 Å². The van der Waals surface area contributed by atoms with Gasteiger partial charge in [-0.2, -0.15) is 0 Å². The smallest absolute Gasteiger partial charge is 0.236 e. The first kappa shape index (κ1) is 14.8. The Balaban J connectivity index is 2.23. The van der Waals surface area contributed by atoms with Crippen molar-refractivity contribution < 1.29 is 14.3 Å². The van der Waals surface area contributed by atoms with Gasteiger partial charge < -0.3 is 9.47 Å². The number of hydrogen-bond acceptors (Lipinski definition) is 4. The molecular formula is C13H16INO3S. The number of amides is 1. The number of ether oxygens (including phenoxy) is 2. The summed E-state index contributed by atoms with van der Waals surface area (Å²) in [5.41, 5.74) is 0. The van der Waals surface area contributed by atoms with Crippen molar-refractivity contribution in [3.05, 3.63) is 24.3 Å². The molecule has 1 unspecified atom stereocenters. The van der Waals surface area contributed by atoms with Crippen LogP contribution in [0.2, 0.25) is 0 Å². The SMILES string of the molecule is COc1ccccc1OC1(C)SCCN1C(=O)CI. The maximum Gasteiger partial charge on any atom is 0.236 e. The molecule has 19 heavy (non-hydrogen) atoms. The van der Waals surface area contributed by atoms with E-state index in [2.05, 4.69) is 22.6 Å². The minimum Gasteiger partial charge on any atom is -0.493 e. The molecule has 0 radical (unpaired) electrons. The molecule has 0 bridgehead atoms. The molecule has 1 aliphatic rings. The lowest BCUT2D eigenvalue weighted by Gasteiger charge is -2.34. The van der Waals surface area contributed by atoms with Crippen LogP contribution in [0, 0.1) is 0 Å². The first-order chi connectivity index (χ1) is 9.10. The van der Waals surface area contributed by atoms with E-state index in [1.165, 1.54) is 0 Å². The van der Waals surface area contributed by atoms with Gasteiger partial charge in [0.1, 0.15) is 0 Å². The van der Waals surface area contributed by atoms with Crippen molar-refractivity contribution >= 4 is 40.3 Å². The van der Waals surface area contributed by atoms with Gasteiger partial charge in [-0.3, -0.25) is 9.69 Å². The normalized spacial score (nSPS) is 22.4. The molecule has 1 saturated heterocycles. The van der Waals surface area contributed by atoms with Crippen molar-refractivity contribution in [2.24, 2.45) is 0 Å². The van der Waals surface area contributed by atoms with E-state index < -0.39 is 5.06 Å².